The summed E-state index contributed by atoms with van der Waals surface area (Å²) in [6, 6.07) is 3.85. The van der Waals surface area contributed by atoms with Gasteiger partial charge in [-0.3, -0.25) is 0 Å². The molecule has 0 unspecified atom stereocenters. The monoisotopic (exact) mass is 261 g/mol. The summed E-state index contributed by atoms with van der Waals surface area (Å²) in [6.45, 7) is 4.72. The maximum atomic E-state index is 5.85. The van der Waals surface area contributed by atoms with E-state index in [-0.39, 0.29) is 0 Å². The van der Waals surface area contributed by atoms with Crippen LogP contribution in [0, 0.1) is 6.92 Å². The first-order valence-electron chi connectivity index (χ1n) is 6.86. The van der Waals surface area contributed by atoms with Gasteiger partial charge in [-0.2, -0.15) is 4.98 Å². The maximum absolute atomic E-state index is 5.85. The number of nitrogens with zero attached hydrogens (tertiary/aromatic N) is 2. The molecule has 5 nitrogen and oxygen atoms in total. The Balaban J connectivity index is 1.56. The predicted octanol–water partition coefficient (Wildman–Crippen LogP) is 1.84. The van der Waals surface area contributed by atoms with Crippen LogP contribution in [0.2, 0.25) is 0 Å². The van der Waals surface area contributed by atoms with Gasteiger partial charge in [0.2, 0.25) is 0 Å². The van der Waals surface area contributed by atoms with Crippen molar-refractivity contribution in [1.29, 1.82) is 0 Å². The number of piperidine rings is 1. The minimum Gasteiger partial charge on any atom is -0.439 e. The number of rotatable bonds is 4. The molecular formula is C14H19N3O2. The van der Waals surface area contributed by atoms with Gasteiger partial charge in [0, 0.05) is 12.1 Å². The molecule has 0 bridgehead atoms. The Morgan fingerprint density at radius 3 is 3.00 bits per heavy atom. The summed E-state index contributed by atoms with van der Waals surface area (Å²) >= 11 is 0. The molecule has 1 saturated heterocycles. The first-order valence-corrected chi connectivity index (χ1v) is 6.86. The predicted molar refractivity (Wildman–Crippen MR) is 72.1 cm³/mol. The minimum absolute atomic E-state index is 0.381. The zero-order chi connectivity index (χ0) is 13.1. The summed E-state index contributed by atoms with van der Waals surface area (Å²) in [4.78, 5) is 8.73. The van der Waals surface area contributed by atoms with Crippen LogP contribution in [0.1, 0.15) is 24.4 Å². The van der Waals surface area contributed by atoms with Crippen LogP contribution in [0.5, 0.6) is 0 Å². The fourth-order valence-electron chi connectivity index (χ4n) is 2.34. The molecule has 3 heterocycles. The number of ether oxygens (including phenoxy) is 1. The van der Waals surface area contributed by atoms with Crippen molar-refractivity contribution in [3.05, 3.63) is 23.7 Å². The topological polar surface area (TPSA) is 60.2 Å². The Morgan fingerprint density at radius 2 is 2.16 bits per heavy atom. The first-order chi connectivity index (χ1) is 9.31. The molecule has 0 spiro atoms. The third kappa shape index (κ3) is 3.11. The molecule has 1 fully saturated rings. The third-order valence-electron chi connectivity index (χ3n) is 3.39. The number of fused-ring (bicyclic) bond motifs is 1. The smallest absolute Gasteiger partial charge is 0.199 e. The van der Waals surface area contributed by atoms with Gasteiger partial charge in [-0.15, -0.1) is 0 Å². The number of pyridine rings is 1. The number of aryl methyl sites for hydroxylation is 1. The van der Waals surface area contributed by atoms with Crippen LogP contribution in [-0.4, -0.2) is 35.8 Å². The average molecular weight is 261 g/mol. The van der Waals surface area contributed by atoms with Gasteiger partial charge in [-0.05, 0) is 45.0 Å². The fourth-order valence-corrected chi connectivity index (χ4v) is 2.34. The SMILES string of the molecule is Cc1ccc2oc(CCOC3CCNCC3)nc2n1. The third-order valence-corrected chi connectivity index (χ3v) is 3.39. The van der Waals surface area contributed by atoms with Crippen LogP contribution >= 0.6 is 0 Å². The summed E-state index contributed by atoms with van der Waals surface area (Å²) < 4.78 is 11.5. The van der Waals surface area contributed by atoms with Crippen LogP contribution in [0.25, 0.3) is 11.2 Å². The number of aromatic nitrogens is 2. The highest BCUT2D eigenvalue weighted by molar-refractivity contribution is 5.67. The summed E-state index contributed by atoms with van der Waals surface area (Å²) in [7, 11) is 0. The van der Waals surface area contributed by atoms with Crippen molar-refractivity contribution in [3.63, 3.8) is 0 Å². The number of hydrogen-bond acceptors (Lipinski definition) is 5. The fraction of sp³-hybridized carbons (Fsp3) is 0.571. The van der Waals surface area contributed by atoms with Gasteiger partial charge < -0.3 is 14.5 Å². The van der Waals surface area contributed by atoms with Gasteiger partial charge in [0.25, 0.3) is 0 Å². The lowest BCUT2D eigenvalue weighted by Crippen LogP contribution is -2.32. The van der Waals surface area contributed by atoms with Crippen LogP contribution < -0.4 is 5.32 Å². The van der Waals surface area contributed by atoms with E-state index in [1.165, 1.54) is 0 Å². The molecule has 0 atom stereocenters. The van der Waals surface area contributed by atoms with Crippen molar-refractivity contribution >= 4 is 11.2 Å². The average Bonchev–Trinajstić information content (AvgIpc) is 2.82. The highest BCUT2D eigenvalue weighted by Gasteiger charge is 2.14. The Morgan fingerprint density at radius 1 is 1.32 bits per heavy atom. The molecule has 0 saturated carbocycles. The first kappa shape index (κ1) is 12.6. The second-order valence-corrected chi connectivity index (χ2v) is 4.95. The highest BCUT2D eigenvalue weighted by Crippen LogP contribution is 2.15. The molecule has 1 aliphatic rings. The van der Waals surface area contributed by atoms with E-state index < -0.39 is 0 Å². The molecule has 19 heavy (non-hydrogen) atoms. The Labute approximate surface area is 112 Å². The number of hydrogen-bond donors (Lipinski definition) is 1. The summed E-state index contributed by atoms with van der Waals surface area (Å²) in [5.41, 5.74) is 2.40. The lowest BCUT2D eigenvalue weighted by Gasteiger charge is -2.22. The molecule has 3 rings (SSSR count). The second kappa shape index (κ2) is 5.67. The molecule has 1 N–H and O–H groups in total. The normalized spacial score (nSPS) is 17.1. The van der Waals surface area contributed by atoms with Crippen LogP contribution in [-0.2, 0) is 11.2 Å². The minimum atomic E-state index is 0.381. The van der Waals surface area contributed by atoms with E-state index in [9.17, 15) is 0 Å². The molecule has 5 heteroatoms. The molecule has 0 aromatic carbocycles. The Bertz CT molecular complexity index is 547. The summed E-state index contributed by atoms with van der Waals surface area (Å²) in [5, 5.41) is 3.33. The second-order valence-electron chi connectivity index (χ2n) is 4.95. The molecule has 0 radical (unpaired) electrons. The molecule has 2 aromatic rings. The van der Waals surface area contributed by atoms with E-state index in [4.69, 9.17) is 9.15 Å². The standard InChI is InChI=1S/C14H19N3O2/c1-10-2-3-12-14(16-10)17-13(19-12)6-9-18-11-4-7-15-8-5-11/h2-3,11,15H,4-9H2,1H3. The molecule has 102 valence electrons. The summed E-state index contributed by atoms with van der Waals surface area (Å²) in [5.74, 6) is 0.710. The van der Waals surface area contributed by atoms with E-state index in [0.717, 1.165) is 37.2 Å². The molecule has 0 amide bonds. The molecule has 2 aromatic heterocycles. The van der Waals surface area contributed by atoms with E-state index in [1.807, 2.05) is 19.1 Å². The van der Waals surface area contributed by atoms with Gasteiger partial charge in [-0.25, -0.2) is 4.98 Å². The molecule has 1 aliphatic heterocycles. The Hall–Kier alpha value is -1.46. The number of oxazole rings is 1. The maximum Gasteiger partial charge on any atom is 0.199 e. The van der Waals surface area contributed by atoms with Crippen molar-refractivity contribution in [2.45, 2.75) is 32.3 Å². The number of nitrogens with one attached hydrogen (secondary N) is 1. The highest BCUT2D eigenvalue weighted by atomic mass is 16.5. The van der Waals surface area contributed by atoms with Gasteiger partial charge in [0.05, 0.1) is 12.7 Å². The van der Waals surface area contributed by atoms with Crippen molar-refractivity contribution in [1.82, 2.24) is 15.3 Å². The molecular weight excluding hydrogens is 242 g/mol. The largest absolute Gasteiger partial charge is 0.439 e. The van der Waals surface area contributed by atoms with E-state index in [0.29, 0.717) is 30.7 Å². The van der Waals surface area contributed by atoms with Crippen LogP contribution in [0.3, 0.4) is 0 Å². The lowest BCUT2D eigenvalue weighted by atomic mass is 10.1. The Kier molecular flexibility index (Phi) is 3.75. The van der Waals surface area contributed by atoms with Gasteiger partial charge >= 0.3 is 0 Å². The van der Waals surface area contributed by atoms with Crippen molar-refractivity contribution in [2.24, 2.45) is 0 Å². The summed E-state index contributed by atoms with van der Waals surface area (Å²) in [6.07, 6.45) is 3.27. The lowest BCUT2D eigenvalue weighted by molar-refractivity contribution is 0.0328. The zero-order valence-corrected chi connectivity index (χ0v) is 11.2. The quantitative estimate of drug-likeness (QED) is 0.910. The van der Waals surface area contributed by atoms with Gasteiger partial charge in [0.1, 0.15) is 0 Å². The van der Waals surface area contributed by atoms with Crippen LogP contribution in [0.4, 0.5) is 0 Å². The van der Waals surface area contributed by atoms with Crippen molar-refractivity contribution in [2.75, 3.05) is 19.7 Å². The van der Waals surface area contributed by atoms with E-state index in [2.05, 4.69) is 15.3 Å². The van der Waals surface area contributed by atoms with Crippen molar-refractivity contribution in [3.8, 4) is 0 Å². The van der Waals surface area contributed by atoms with Crippen molar-refractivity contribution < 1.29 is 9.15 Å². The van der Waals surface area contributed by atoms with Gasteiger partial charge in [0.15, 0.2) is 17.1 Å². The zero-order valence-electron chi connectivity index (χ0n) is 11.2. The van der Waals surface area contributed by atoms with E-state index in [1.54, 1.807) is 0 Å². The van der Waals surface area contributed by atoms with Crippen LogP contribution in [0.15, 0.2) is 16.5 Å². The molecule has 0 aliphatic carbocycles. The van der Waals surface area contributed by atoms with Gasteiger partial charge in [-0.1, -0.05) is 0 Å². The van der Waals surface area contributed by atoms with E-state index >= 15 is 0 Å².